The van der Waals surface area contributed by atoms with Crippen LogP contribution < -0.4 is 20.1 Å². The maximum Gasteiger partial charge on any atom is 0.265 e. The number of hydrogen-bond donors (Lipinski definition) is 3. The number of sulfonamides is 1. The molecule has 31 heavy (non-hydrogen) atoms. The van der Waals surface area contributed by atoms with Gasteiger partial charge in [-0.05, 0) is 49.4 Å². The molecule has 4 rings (SSSR count). The lowest BCUT2D eigenvalue weighted by molar-refractivity contribution is -0.122. The summed E-state index contributed by atoms with van der Waals surface area (Å²) in [7, 11) is -3.85. The first-order valence-electron chi connectivity index (χ1n) is 9.19. The van der Waals surface area contributed by atoms with Crippen LogP contribution in [0.5, 0.6) is 5.75 Å². The van der Waals surface area contributed by atoms with E-state index in [4.69, 9.17) is 4.74 Å². The summed E-state index contributed by atoms with van der Waals surface area (Å²) in [6, 6.07) is 11.1. The van der Waals surface area contributed by atoms with E-state index in [0.717, 1.165) is 11.3 Å². The van der Waals surface area contributed by atoms with Crippen molar-refractivity contribution >= 4 is 49.7 Å². The zero-order valence-electron chi connectivity index (χ0n) is 16.5. The highest BCUT2D eigenvalue weighted by atomic mass is 32.2. The van der Waals surface area contributed by atoms with Crippen LogP contribution in [0.2, 0.25) is 0 Å². The monoisotopic (exact) mass is 458 g/mol. The van der Waals surface area contributed by atoms with Crippen LogP contribution in [0, 0.1) is 0 Å². The average Bonchev–Trinajstić information content (AvgIpc) is 3.16. The van der Waals surface area contributed by atoms with E-state index in [0.29, 0.717) is 28.4 Å². The van der Waals surface area contributed by atoms with Crippen molar-refractivity contribution in [2.75, 3.05) is 15.4 Å². The van der Waals surface area contributed by atoms with Gasteiger partial charge in [0.2, 0.25) is 5.91 Å². The molecule has 0 spiro atoms. The SMILES string of the molecule is CC(=O)Nc1ccc(S(=O)(=O)Nc2nc(-c3ccc4c(c3)NC(=O)C(C)O4)cs2)cc1. The summed E-state index contributed by atoms with van der Waals surface area (Å²) in [4.78, 5) is 27.3. The fourth-order valence-corrected chi connectivity index (χ4v) is 4.89. The zero-order chi connectivity index (χ0) is 22.2. The zero-order valence-corrected chi connectivity index (χ0v) is 18.1. The number of ether oxygens (including phenoxy) is 1. The van der Waals surface area contributed by atoms with E-state index in [9.17, 15) is 18.0 Å². The number of rotatable bonds is 5. The highest BCUT2D eigenvalue weighted by molar-refractivity contribution is 7.93. The molecule has 1 atom stereocenters. The number of carbonyl (C=O) groups excluding carboxylic acids is 2. The molecule has 0 bridgehead atoms. The van der Waals surface area contributed by atoms with Crippen LogP contribution in [-0.4, -0.2) is 31.3 Å². The summed E-state index contributed by atoms with van der Waals surface area (Å²) < 4.78 is 33.3. The molecule has 0 aliphatic carbocycles. The van der Waals surface area contributed by atoms with E-state index in [1.54, 1.807) is 30.5 Å². The van der Waals surface area contributed by atoms with Gasteiger partial charge in [0.1, 0.15) is 5.75 Å². The number of nitrogens with zero attached hydrogens (tertiary/aromatic N) is 1. The fraction of sp³-hybridized carbons (Fsp3) is 0.150. The molecule has 1 unspecified atom stereocenters. The lowest BCUT2D eigenvalue weighted by Crippen LogP contribution is -2.34. The summed E-state index contributed by atoms with van der Waals surface area (Å²) in [5, 5.41) is 7.28. The van der Waals surface area contributed by atoms with E-state index >= 15 is 0 Å². The molecule has 2 heterocycles. The summed E-state index contributed by atoms with van der Waals surface area (Å²) in [6.45, 7) is 3.04. The molecule has 0 saturated carbocycles. The van der Waals surface area contributed by atoms with Crippen molar-refractivity contribution in [1.82, 2.24) is 4.98 Å². The van der Waals surface area contributed by atoms with E-state index in [1.807, 2.05) is 0 Å². The van der Waals surface area contributed by atoms with Crippen molar-refractivity contribution in [3.05, 3.63) is 47.8 Å². The molecule has 3 N–H and O–H groups in total. The Hall–Kier alpha value is -3.44. The van der Waals surface area contributed by atoms with Crippen molar-refractivity contribution in [2.45, 2.75) is 24.8 Å². The predicted octanol–water partition coefficient (Wildman–Crippen LogP) is 3.29. The fourth-order valence-electron chi connectivity index (χ4n) is 2.92. The molecule has 1 aliphatic heterocycles. The minimum absolute atomic E-state index is 0.0427. The van der Waals surface area contributed by atoms with Gasteiger partial charge in [-0.2, -0.15) is 0 Å². The first-order chi connectivity index (χ1) is 14.7. The normalized spacial score (nSPS) is 15.4. The third-order valence-electron chi connectivity index (χ3n) is 4.42. The van der Waals surface area contributed by atoms with Gasteiger partial charge in [0.05, 0.1) is 16.3 Å². The van der Waals surface area contributed by atoms with E-state index < -0.39 is 16.1 Å². The molecule has 0 fully saturated rings. The number of thiazole rings is 1. The van der Waals surface area contributed by atoms with Gasteiger partial charge in [0.25, 0.3) is 15.9 Å². The van der Waals surface area contributed by atoms with Crippen LogP contribution in [0.3, 0.4) is 0 Å². The summed E-state index contributed by atoms with van der Waals surface area (Å²) >= 11 is 1.14. The van der Waals surface area contributed by atoms with Gasteiger partial charge >= 0.3 is 0 Å². The van der Waals surface area contributed by atoms with Crippen molar-refractivity contribution in [2.24, 2.45) is 0 Å². The van der Waals surface area contributed by atoms with Gasteiger partial charge in [-0.3, -0.25) is 14.3 Å². The van der Waals surface area contributed by atoms with Crippen molar-refractivity contribution < 1.29 is 22.7 Å². The molecule has 11 heteroatoms. The second-order valence-electron chi connectivity index (χ2n) is 6.81. The van der Waals surface area contributed by atoms with Crippen LogP contribution in [0.1, 0.15) is 13.8 Å². The van der Waals surface area contributed by atoms with E-state index in [2.05, 4.69) is 20.3 Å². The third kappa shape index (κ3) is 4.52. The number of hydrogen-bond acceptors (Lipinski definition) is 7. The Morgan fingerprint density at radius 1 is 1.19 bits per heavy atom. The molecular formula is C20H18N4O5S2. The Morgan fingerprint density at radius 3 is 2.65 bits per heavy atom. The number of benzene rings is 2. The first kappa shape index (κ1) is 20.8. The van der Waals surface area contributed by atoms with Gasteiger partial charge in [-0.1, -0.05) is 0 Å². The minimum Gasteiger partial charge on any atom is -0.479 e. The number of fused-ring (bicyclic) bond motifs is 1. The Morgan fingerprint density at radius 2 is 1.94 bits per heavy atom. The number of anilines is 3. The summed E-state index contributed by atoms with van der Waals surface area (Å²) in [5.41, 5.74) is 2.30. The second-order valence-corrected chi connectivity index (χ2v) is 9.35. The van der Waals surface area contributed by atoms with Crippen molar-refractivity contribution in [3.63, 3.8) is 0 Å². The van der Waals surface area contributed by atoms with Gasteiger partial charge < -0.3 is 15.4 Å². The molecule has 3 aromatic rings. The molecule has 1 aliphatic rings. The maximum atomic E-state index is 12.6. The van der Waals surface area contributed by atoms with Crippen LogP contribution in [0.4, 0.5) is 16.5 Å². The standard InChI is InChI=1S/C20H18N4O5S2/c1-11-19(26)22-16-9-13(3-8-18(16)29-11)17-10-30-20(23-17)24-31(27,28)15-6-4-14(5-7-15)21-12(2)25/h3-11H,1-2H3,(H,21,25)(H,22,26)(H,23,24). The predicted molar refractivity (Wildman–Crippen MR) is 118 cm³/mol. The Kier molecular flexibility index (Phi) is 5.38. The van der Waals surface area contributed by atoms with Crippen LogP contribution in [0.25, 0.3) is 11.3 Å². The van der Waals surface area contributed by atoms with E-state index in [1.165, 1.54) is 31.2 Å². The van der Waals surface area contributed by atoms with Crippen LogP contribution in [-0.2, 0) is 19.6 Å². The third-order valence-corrected chi connectivity index (χ3v) is 6.66. The highest BCUT2D eigenvalue weighted by Crippen LogP contribution is 2.35. The smallest absolute Gasteiger partial charge is 0.265 e. The maximum absolute atomic E-state index is 12.6. The average molecular weight is 459 g/mol. The number of carbonyl (C=O) groups is 2. The highest BCUT2D eigenvalue weighted by Gasteiger charge is 2.24. The lowest BCUT2D eigenvalue weighted by atomic mass is 10.1. The number of amides is 2. The molecule has 9 nitrogen and oxygen atoms in total. The number of aromatic nitrogens is 1. The van der Waals surface area contributed by atoms with Crippen molar-refractivity contribution in [1.29, 1.82) is 0 Å². The van der Waals surface area contributed by atoms with Gasteiger partial charge in [0.15, 0.2) is 11.2 Å². The first-order valence-corrected chi connectivity index (χ1v) is 11.6. The van der Waals surface area contributed by atoms with Crippen LogP contribution >= 0.6 is 11.3 Å². The quantitative estimate of drug-likeness (QED) is 0.539. The number of nitrogens with one attached hydrogen (secondary N) is 3. The van der Waals surface area contributed by atoms with Crippen molar-refractivity contribution in [3.8, 4) is 17.0 Å². The molecule has 1 aromatic heterocycles. The largest absolute Gasteiger partial charge is 0.479 e. The molecule has 2 aromatic carbocycles. The Balaban J connectivity index is 1.52. The molecule has 2 amide bonds. The van der Waals surface area contributed by atoms with Crippen LogP contribution in [0.15, 0.2) is 52.7 Å². The molecule has 0 radical (unpaired) electrons. The minimum atomic E-state index is -3.85. The lowest BCUT2D eigenvalue weighted by Gasteiger charge is -2.23. The molecule has 160 valence electrons. The Labute approximate surface area is 182 Å². The molecular weight excluding hydrogens is 440 g/mol. The molecule has 0 saturated heterocycles. The topological polar surface area (TPSA) is 126 Å². The summed E-state index contributed by atoms with van der Waals surface area (Å²) in [6.07, 6.45) is -0.564. The summed E-state index contributed by atoms with van der Waals surface area (Å²) in [5.74, 6) is 0.0856. The van der Waals surface area contributed by atoms with Gasteiger partial charge in [-0.15, -0.1) is 11.3 Å². The second kappa shape index (κ2) is 8.00. The Bertz CT molecular complexity index is 1270. The van der Waals surface area contributed by atoms with E-state index in [-0.39, 0.29) is 21.8 Å². The van der Waals surface area contributed by atoms with Gasteiger partial charge in [-0.25, -0.2) is 13.4 Å². The van der Waals surface area contributed by atoms with Gasteiger partial charge in [0, 0.05) is 23.6 Å².